The zero-order chi connectivity index (χ0) is 12.1. The van der Waals surface area contributed by atoms with Crippen molar-refractivity contribution in [3.63, 3.8) is 0 Å². The highest BCUT2D eigenvalue weighted by molar-refractivity contribution is 5.89. The predicted octanol–water partition coefficient (Wildman–Crippen LogP) is 1.34. The summed E-state index contributed by atoms with van der Waals surface area (Å²) in [7, 11) is 0. The Hall–Kier alpha value is -1.39. The topological polar surface area (TPSA) is 75.3 Å². The minimum absolute atomic E-state index is 0.148. The zero-order valence-corrected chi connectivity index (χ0v) is 9.66. The molecule has 0 aromatic heterocycles. The second-order valence-corrected chi connectivity index (χ2v) is 3.87. The molecule has 1 rings (SSSR count). The van der Waals surface area contributed by atoms with Crippen LogP contribution in [0.4, 0.5) is 5.69 Å². The van der Waals surface area contributed by atoms with Crippen LogP contribution in [0.15, 0.2) is 18.2 Å². The normalized spacial score (nSPS) is 12.2. The summed E-state index contributed by atoms with van der Waals surface area (Å²) in [6.07, 6.45) is -0.150. The summed E-state index contributed by atoms with van der Waals surface area (Å²) in [6.45, 7) is 3.80. The first-order chi connectivity index (χ1) is 7.54. The molecule has 16 heavy (non-hydrogen) atoms. The van der Waals surface area contributed by atoms with Gasteiger partial charge in [-0.1, -0.05) is 17.7 Å². The third-order valence-corrected chi connectivity index (χ3v) is 2.32. The molecule has 0 spiro atoms. The van der Waals surface area contributed by atoms with E-state index >= 15 is 0 Å². The number of carbonyl (C=O) groups excluding carboxylic acids is 1. The number of hydrogen-bond donors (Lipinski definition) is 3. The van der Waals surface area contributed by atoms with Gasteiger partial charge in [0.25, 0.3) is 0 Å². The molecule has 4 heteroatoms. The molecule has 88 valence electrons. The Balaban J connectivity index is 3.02. The van der Waals surface area contributed by atoms with Gasteiger partial charge in [-0.05, 0) is 26.0 Å². The van der Waals surface area contributed by atoms with Crippen molar-refractivity contribution in [2.75, 3.05) is 11.9 Å². The fourth-order valence-corrected chi connectivity index (χ4v) is 1.57. The predicted molar refractivity (Wildman–Crippen MR) is 64.1 cm³/mol. The molecule has 0 saturated heterocycles. The molecule has 0 radical (unpaired) electrons. The first-order valence-corrected chi connectivity index (χ1v) is 5.31. The van der Waals surface area contributed by atoms with Crippen molar-refractivity contribution in [2.45, 2.75) is 26.4 Å². The van der Waals surface area contributed by atoms with Gasteiger partial charge in [-0.25, -0.2) is 0 Å². The number of nitrogens with two attached hydrogens (primary N) is 1. The molecule has 0 aliphatic rings. The van der Waals surface area contributed by atoms with Crippen molar-refractivity contribution < 1.29 is 9.90 Å². The maximum atomic E-state index is 11.0. The van der Waals surface area contributed by atoms with E-state index in [1.165, 1.54) is 6.92 Å². The first kappa shape index (κ1) is 12.7. The van der Waals surface area contributed by atoms with Crippen molar-refractivity contribution in [2.24, 2.45) is 5.73 Å². The van der Waals surface area contributed by atoms with Crippen molar-refractivity contribution in [1.82, 2.24) is 0 Å². The van der Waals surface area contributed by atoms with E-state index in [2.05, 4.69) is 5.32 Å². The Morgan fingerprint density at radius 1 is 1.56 bits per heavy atom. The molecule has 1 atom stereocenters. The lowest BCUT2D eigenvalue weighted by molar-refractivity contribution is -0.114. The summed E-state index contributed by atoms with van der Waals surface area (Å²) < 4.78 is 0. The number of carbonyl (C=O) groups is 1. The number of nitrogens with one attached hydrogen (secondary N) is 1. The minimum Gasteiger partial charge on any atom is -0.388 e. The molecule has 1 amide bonds. The molecule has 0 saturated carbocycles. The van der Waals surface area contributed by atoms with Crippen molar-refractivity contribution in [3.8, 4) is 0 Å². The first-order valence-electron chi connectivity index (χ1n) is 5.31. The van der Waals surface area contributed by atoms with Crippen LogP contribution in [0.2, 0.25) is 0 Å². The Labute approximate surface area is 95.5 Å². The molecule has 1 aromatic rings. The highest BCUT2D eigenvalue weighted by Crippen LogP contribution is 2.26. The molecule has 0 aliphatic heterocycles. The van der Waals surface area contributed by atoms with E-state index in [0.29, 0.717) is 18.7 Å². The quantitative estimate of drug-likeness (QED) is 0.719. The van der Waals surface area contributed by atoms with Gasteiger partial charge in [0.2, 0.25) is 5.91 Å². The number of aliphatic hydroxyl groups excluding tert-OH is 1. The third kappa shape index (κ3) is 3.32. The number of aliphatic hydroxyl groups is 1. The molecule has 0 heterocycles. The lowest BCUT2D eigenvalue weighted by atomic mass is 10.0. The van der Waals surface area contributed by atoms with E-state index in [-0.39, 0.29) is 5.91 Å². The van der Waals surface area contributed by atoms with Crippen molar-refractivity contribution >= 4 is 11.6 Å². The van der Waals surface area contributed by atoms with Crippen LogP contribution in [-0.2, 0) is 4.79 Å². The van der Waals surface area contributed by atoms with Crippen LogP contribution in [0, 0.1) is 6.92 Å². The van der Waals surface area contributed by atoms with Gasteiger partial charge in [0.15, 0.2) is 0 Å². The summed E-state index contributed by atoms with van der Waals surface area (Å²) in [5.41, 5.74) is 7.83. The highest BCUT2D eigenvalue weighted by atomic mass is 16.3. The molecule has 0 fully saturated rings. The van der Waals surface area contributed by atoms with Gasteiger partial charge in [-0.2, -0.15) is 0 Å². The van der Waals surface area contributed by atoms with Crippen LogP contribution in [0.25, 0.3) is 0 Å². The minimum atomic E-state index is -0.633. The Morgan fingerprint density at radius 2 is 2.25 bits per heavy atom. The molecule has 4 nitrogen and oxygen atoms in total. The molecular weight excluding hydrogens is 204 g/mol. The maximum Gasteiger partial charge on any atom is 0.221 e. The zero-order valence-electron chi connectivity index (χ0n) is 9.66. The van der Waals surface area contributed by atoms with E-state index in [1.807, 2.05) is 19.1 Å². The number of benzene rings is 1. The number of amides is 1. The fraction of sp³-hybridized carbons (Fsp3) is 0.417. The van der Waals surface area contributed by atoms with Gasteiger partial charge in [-0.3, -0.25) is 4.79 Å². The van der Waals surface area contributed by atoms with Gasteiger partial charge in [0.1, 0.15) is 0 Å². The Bertz CT molecular complexity index is 377. The van der Waals surface area contributed by atoms with Crippen LogP contribution >= 0.6 is 0 Å². The Kier molecular flexibility index (Phi) is 4.46. The number of hydrogen-bond acceptors (Lipinski definition) is 3. The summed E-state index contributed by atoms with van der Waals surface area (Å²) in [6, 6.07) is 5.56. The number of anilines is 1. The fourth-order valence-electron chi connectivity index (χ4n) is 1.57. The van der Waals surface area contributed by atoms with Crippen LogP contribution < -0.4 is 11.1 Å². The van der Waals surface area contributed by atoms with Crippen molar-refractivity contribution in [1.29, 1.82) is 0 Å². The smallest absolute Gasteiger partial charge is 0.221 e. The molecule has 1 aromatic carbocycles. The van der Waals surface area contributed by atoms with Crippen LogP contribution in [-0.4, -0.2) is 17.6 Å². The van der Waals surface area contributed by atoms with E-state index in [1.54, 1.807) is 6.07 Å². The summed E-state index contributed by atoms with van der Waals surface area (Å²) in [5.74, 6) is -0.148. The monoisotopic (exact) mass is 222 g/mol. The second kappa shape index (κ2) is 5.63. The van der Waals surface area contributed by atoms with E-state index in [4.69, 9.17) is 5.73 Å². The second-order valence-electron chi connectivity index (χ2n) is 3.87. The molecule has 0 aliphatic carbocycles. The molecule has 4 N–H and O–H groups in total. The van der Waals surface area contributed by atoms with E-state index in [9.17, 15) is 9.90 Å². The lowest BCUT2D eigenvalue weighted by Gasteiger charge is -2.15. The van der Waals surface area contributed by atoms with Crippen LogP contribution in [0.1, 0.15) is 30.6 Å². The van der Waals surface area contributed by atoms with Gasteiger partial charge in [0, 0.05) is 18.2 Å². The Morgan fingerprint density at radius 3 is 2.81 bits per heavy atom. The van der Waals surface area contributed by atoms with Gasteiger partial charge < -0.3 is 16.2 Å². The highest BCUT2D eigenvalue weighted by Gasteiger charge is 2.12. The van der Waals surface area contributed by atoms with Crippen molar-refractivity contribution in [3.05, 3.63) is 29.3 Å². The summed E-state index contributed by atoms with van der Waals surface area (Å²) >= 11 is 0. The van der Waals surface area contributed by atoms with Gasteiger partial charge in [0.05, 0.1) is 6.10 Å². The van der Waals surface area contributed by atoms with E-state index < -0.39 is 6.10 Å². The lowest BCUT2D eigenvalue weighted by Crippen LogP contribution is -2.12. The molecule has 1 unspecified atom stereocenters. The van der Waals surface area contributed by atoms with E-state index in [0.717, 1.165) is 11.1 Å². The number of aryl methyl sites for hydroxylation is 1. The molecule has 0 bridgehead atoms. The molecular formula is C12H18N2O2. The number of rotatable bonds is 4. The van der Waals surface area contributed by atoms with Gasteiger partial charge >= 0.3 is 0 Å². The largest absolute Gasteiger partial charge is 0.388 e. The standard InChI is InChI=1S/C12H18N2O2/c1-8-3-4-11(14-9(2)15)10(7-8)12(16)5-6-13/h3-4,7,12,16H,5-6,13H2,1-2H3,(H,14,15). The summed E-state index contributed by atoms with van der Waals surface area (Å²) in [4.78, 5) is 11.0. The SMILES string of the molecule is CC(=O)Nc1ccc(C)cc1C(O)CCN. The third-order valence-electron chi connectivity index (χ3n) is 2.32. The van der Waals surface area contributed by atoms with Crippen LogP contribution in [0.3, 0.4) is 0 Å². The van der Waals surface area contributed by atoms with Gasteiger partial charge in [-0.15, -0.1) is 0 Å². The maximum absolute atomic E-state index is 11.0. The summed E-state index contributed by atoms with van der Waals surface area (Å²) in [5, 5.41) is 12.6. The average molecular weight is 222 g/mol. The average Bonchev–Trinajstić information content (AvgIpc) is 2.20. The van der Waals surface area contributed by atoms with Crippen LogP contribution in [0.5, 0.6) is 0 Å².